The molecule has 76 valence electrons. The first-order valence-electron chi connectivity index (χ1n) is 4.94. The molecule has 2 heterocycles. The van der Waals surface area contributed by atoms with Crippen LogP contribution in [0.4, 0.5) is 5.00 Å². The lowest BCUT2D eigenvalue weighted by Gasteiger charge is -2.22. The molecule has 1 aliphatic heterocycles. The van der Waals surface area contributed by atoms with Gasteiger partial charge < -0.3 is 10.6 Å². The first kappa shape index (κ1) is 9.68. The van der Waals surface area contributed by atoms with Gasteiger partial charge in [-0.3, -0.25) is 4.79 Å². The van der Waals surface area contributed by atoms with Crippen molar-refractivity contribution >= 4 is 22.2 Å². The second-order valence-corrected chi connectivity index (χ2v) is 4.42. The van der Waals surface area contributed by atoms with Crippen LogP contribution in [0.2, 0.25) is 0 Å². The summed E-state index contributed by atoms with van der Waals surface area (Å²) in [4.78, 5) is 11.7. The Morgan fingerprint density at radius 2 is 2.50 bits per heavy atom. The van der Waals surface area contributed by atoms with E-state index in [1.807, 2.05) is 17.5 Å². The molecule has 1 atom stereocenters. The van der Waals surface area contributed by atoms with Gasteiger partial charge in [0, 0.05) is 0 Å². The topological polar surface area (TPSA) is 41.1 Å². The van der Waals surface area contributed by atoms with E-state index in [0.717, 1.165) is 24.4 Å². The maximum absolute atomic E-state index is 11.7. The molecule has 1 saturated heterocycles. The van der Waals surface area contributed by atoms with Crippen molar-refractivity contribution in [2.45, 2.75) is 25.3 Å². The second kappa shape index (κ2) is 4.57. The van der Waals surface area contributed by atoms with E-state index in [1.165, 1.54) is 6.42 Å². The van der Waals surface area contributed by atoms with E-state index in [1.54, 1.807) is 11.3 Å². The van der Waals surface area contributed by atoms with Crippen LogP contribution in [0.15, 0.2) is 17.5 Å². The first-order valence-corrected chi connectivity index (χ1v) is 5.82. The maximum atomic E-state index is 11.7. The van der Waals surface area contributed by atoms with Crippen molar-refractivity contribution in [1.29, 1.82) is 0 Å². The molecule has 3 nitrogen and oxygen atoms in total. The molecule has 14 heavy (non-hydrogen) atoms. The number of anilines is 1. The molecule has 1 aliphatic rings. The molecule has 0 aliphatic carbocycles. The molecule has 1 aromatic heterocycles. The van der Waals surface area contributed by atoms with Gasteiger partial charge in [-0.15, -0.1) is 11.3 Å². The Labute approximate surface area is 87.5 Å². The molecule has 4 heteroatoms. The highest BCUT2D eigenvalue weighted by Gasteiger charge is 2.20. The van der Waals surface area contributed by atoms with Crippen LogP contribution in [0.25, 0.3) is 0 Å². The van der Waals surface area contributed by atoms with E-state index in [4.69, 9.17) is 0 Å². The van der Waals surface area contributed by atoms with E-state index in [-0.39, 0.29) is 11.9 Å². The van der Waals surface area contributed by atoms with Crippen molar-refractivity contribution < 1.29 is 4.79 Å². The zero-order chi connectivity index (χ0) is 9.80. The molecular formula is C10H14N2OS. The van der Waals surface area contributed by atoms with Crippen LogP contribution in [-0.4, -0.2) is 18.5 Å². The van der Waals surface area contributed by atoms with Gasteiger partial charge in [0.2, 0.25) is 5.91 Å². The summed E-state index contributed by atoms with van der Waals surface area (Å²) in [6.45, 7) is 0.961. The minimum atomic E-state index is 0.00542. The summed E-state index contributed by atoms with van der Waals surface area (Å²) in [6.07, 6.45) is 3.29. The van der Waals surface area contributed by atoms with Crippen LogP contribution in [0.5, 0.6) is 0 Å². The number of hydrogen-bond donors (Lipinski definition) is 2. The third-order valence-electron chi connectivity index (χ3n) is 2.39. The van der Waals surface area contributed by atoms with Crippen LogP contribution in [0.3, 0.4) is 0 Å². The molecule has 0 spiro atoms. The number of thiophene rings is 1. The van der Waals surface area contributed by atoms with Crippen molar-refractivity contribution in [3.63, 3.8) is 0 Å². The fraction of sp³-hybridized carbons (Fsp3) is 0.500. The Bertz CT molecular complexity index is 291. The molecule has 0 saturated carbocycles. The summed E-state index contributed by atoms with van der Waals surface area (Å²) in [5.74, 6) is 0.104. The average Bonchev–Trinajstić information content (AvgIpc) is 2.72. The van der Waals surface area contributed by atoms with E-state index in [2.05, 4.69) is 10.6 Å². The Balaban J connectivity index is 1.88. The number of carbonyl (C=O) groups excluding carboxylic acids is 1. The summed E-state index contributed by atoms with van der Waals surface area (Å²) in [5, 5.41) is 9.03. The second-order valence-electron chi connectivity index (χ2n) is 3.47. The molecule has 2 rings (SSSR count). The van der Waals surface area contributed by atoms with Gasteiger partial charge >= 0.3 is 0 Å². The standard InChI is InChI=1S/C10H14N2OS/c13-10(8-4-1-2-6-11-8)12-9-5-3-7-14-9/h3,5,7-8,11H,1-2,4,6H2,(H,12,13). The summed E-state index contributed by atoms with van der Waals surface area (Å²) in [7, 11) is 0. The van der Waals surface area contributed by atoms with Crippen LogP contribution in [-0.2, 0) is 4.79 Å². The molecule has 0 aromatic carbocycles. The van der Waals surface area contributed by atoms with Gasteiger partial charge in [-0.1, -0.05) is 6.42 Å². The van der Waals surface area contributed by atoms with Gasteiger partial charge in [-0.25, -0.2) is 0 Å². The molecule has 2 N–H and O–H groups in total. The number of amides is 1. The molecule has 1 unspecified atom stereocenters. The molecule has 1 amide bonds. The predicted molar refractivity (Wildman–Crippen MR) is 58.6 cm³/mol. The Hall–Kier alpha value is -0.870. The Morgan fingerprint density at radius 3 is 3.14 bits per heavy atom. The fourth-order valence-corrected chi connectivity index (χ4v) is 2.25. The highest BCUT2D eigenvalue weighted by Crippen LogP contribution is 2.16. The quantitative estimate of drug-likeness (QED) is 0.782. The fourth-order valence-electron chi connectivity index (χ4n) is 1.63. The van der Waals surface area contributed by atoms with Crippen molar-refractivity contribution in [2.24, 2.45) is 0 Å². The van der Waals surface area contributed by atoms with Crippen molar-refractivity contribution in [2.75, 3.05) is 11.9 Å². The molecule has 0 bridgehead atoms. The van der Waals surface area contributed by atoms with E-state index in [9.17, 15) is 4.79 Å². The molecular weight excluding hydrogens is 196 g/mol. The van der Waals surface area contributed by atoms with Crippen LogP contribution < -0.4 is 10.6 Å². The number of rotatable bonds is 2. The highest BCUT2D eigenvalue weighted by atomic mass is 32.1. The summed E-state index contributed by atoms with van der Waals surface area (Å²) in [6, 6.07) is 3.87. The Morgan fingerprint density at radius 1 is 1.57 bits per heavy atom. The SMILES string of the molecule is O=C(Nc1cccs1)C1CCCCN1. The molecule has 1 aromatic rings. The van der Waals surface area contributed by atoms with Crippen molar-refractivity contribution in [3.8, 4) is 0 Å². The third-order valence-corrected chi connectivity index (χ3v) is 3.18. The lowest BCUT2D eigenvalue weighted by atomic mass is 10.0. The van der Waals surface area contributed by atoms with Crippen LogP contribution in [0.1, 0.15) is 19.3 Å². The number of hydrogen-bond acceptors (Lipinski definition) is 3. The number of piperidine rings is 1. The minimum absolute atomic E-state index is 0.00542. The van der Waals surface area contributed by atoms with E-state index >= 15 is 0 Å². The zero-order valence-corrected chi connectivity index (χ0v) is 8.77. The predicted octanol–water partition coefficient (Wildman–Crippen LogP) is 1.83. The maximum Gasteiger partial charge on any atom is 0.242 e. The van der Waals surface area contributed by atoms with Gasteiger partial charge in [-0.05, 0) is 36.9 Å². The van der Waals surface area contributed by atoms with Gasteiger partial charge in [0.15, 0.2) is 0 Å². The first-order chi connectivity index (χ1) is 6.86. The summed E-state index contributed by atoms with van der Waals surface area (Å²) >= 11 is 1.56. The lowest BCUT2D eigenvalue weighted by molar-refractivity contribution is -0.118. The monoisotopic (exact) mass is 210 g/mol. The summed E-state index contributed by atoms with van der Waals surface area (Å²) < 4.78 is 0. The average molecular weight is 210 g/mol. The van der Waals surface area contributed by atoms with Gasteiger partial charge in [-0.2, -0.15) is 0 Å². The largest absolute Gasteiger partial charge is 0.316 e. The smallest absolute Gasteiger partial charge is 0.242 e. The number of nitrogens with one attached hydrogen (secondary N) is 2. The summed E-state index contributed by atoms with van der Waals surface area (Å²) in [5.41, 5.74) is 0. The number of carbonyl (C=O) groups is 1. The van der Waals surface area contributed by atoms with Crippen molar-refractivity contribution in [3.05, 3.63) is 17.5 Å². The molecule has 1 fully saturated rings. The van der Waals surface area contributed by atoms with E-state index in [0.29, 0.717) is 0 Å². The third kappa shape index (κ3) is 2.33. The van der Waals surface area contributed by atoms with Crippen molar-refractivity contribution in [1.82, 2.24) is 5.32 Å². The zero-order valence-electron chi connectivity index (χ0n) is 7.95. The van der Waals surface area contributed by atoms with Crippen LogP contribution >= 0.6 is 11.3 Å². The minimum Gasteiger partial charge on any atom is -0.316 e. The normalized spacial score (nSPS) is 21.9. The highest BCUT2D eigenvalue weighted by molar-refractivity contribution is 7.14. The van der Waals surface area contributed by atoms with E-state index < -0.39 is 0 Å². The van der Waals surface area contributed by atoms with Gasteiger partial charge in [0.05, 0.1) is 11.0 Å². The van der Waals surface area contributed by atoms with Crippen LogP contribution in [0, 0.1) is 0 Å². The molecule has 0 radical (unpaired) electrons. The lowest BCUT2D eigenvalue weighted by Crippen LogP contribution is -2.43. The van der Waals surface area contributed by atoms with Gasteiger partial charge in [0.1, 0.15) is 0 Å². The van der Waals surface area contributed by atoms with Gasteiger partial charge in [0.25, 0.3) is 0 Å². The Kier molecular flexibility index (Phi) is 3.16.